The molecule has 2 amide bonds. The van der Waals surface area contributed by atoms with Crippen molar-refractivity contribution in [2.45, 2.75) is 38.6 Å². The number of thiophene rings is 1. The largest absolute Gasteiger partial charge is 0.352 e. The molecule has 122 valence electrons. The van der Waals surface area contributed by atoms with Crippen LogP contribution < -0.4 is 5.32 Å². The Balaban J connectivity index is 1.46. The van der Waals surface area contributed by atoms with Crippen LogP contribution in [0.25, 0.3) is 10.1 Å². The summed E-state index contributed by atoms with van der Waals surface area (Å²) in [5, 5.41) is 6.25. The van der Waals surface area contributed by atoms with E-state index in [-0.39, 0.29) is 11.8 Å². The first-order chi connectivity index (χ1) is 11.2. The number of benzene rings is 1. The van der Waals surface area contributed by atoms with Crippen molar-refractivity contribution >= 4 is 33.2 Å². The fraction of sp³-hybridized carbons (Fsp3) is 0.444. The number of nitrogens with one attached hydrogen (secondary N) is 1. The highest BCUT2D eigenvalue weighted by Crippen LogP contribution is 2.21. The van der Waals surface area contributed by atoms with Crippen LogP contribution in [0, 0.1) is 0 Å². The van der Waals surface area contributed by atoms with Gasteiger partial charge in [-0.05, 0) is 47.4 Å². The molecule has 0 spiro atoms. The fourth-order valence-corrected chi connectivity index (χ4v) is 3.70. The fourth-order valence-electron chi connectivity index (χ4n) is 2.93. The topological polar surface area (TPSA) is 49.4 Å². The predicted molar refractivity (Wildman–Crippen MR) is 93.3 cm³/mol. The molecule has 1 saturated heterocycles. The van der Waals surface area contributed by atoms with Gasteiger partial charge in [-0.1, -0.05) is 12.5 Å². The van der Waals surface area contributed by atoms with Crippen molar-refractivity contribution in [3.63, 3.8) is 0 Å². The summed E-state index contributed by atoms with van der Waals surface area (Å²) in [4.78, 5) is 25.8. The van der Waals surface area contributed by atoms with E-state index in [1.807, 2.05) is 4.90 Å². The van der Waals surface area contributed by atoms with Gasteiger partial charge in [0.1, 0.15) is 0 Å². The van der Waals surface area contributed by atoms with Crippen molar-refractivity contribution in [3.8, 4) is 0 Å². The van der Waals surface area contributed by atoms with Crippen LogP contribution in [0.4, 0.5) is 0 Å². The third-order valence-corrected chi connectivity index (χ3v) is 5.18. The summed E-state index contributed by atoms with van der Waals surface area (Å²) in [5.41, 5.74) is 1.11. The van der Waals surface area contributed by atoms with E-state index in [2.05, 4.69) is 35.0 Å². The smallest absolute Gasteiger partial charge is 0.222 e. The van der Waals surface area contributed by atoms with Crippen LogP contribution in [0.2, 0.25) is 0 Å². The van der Waals surface area contributed by atoms with Crippen molar-refractivity contribution in [2.75, 3.05) is 13.1 Å². The van der Waals surface area contributed by atoms with Crippen LogP contribution in [0.3, 0.4) is 0 Å². The monoisotopic (exact) mass is 330 g/mol. The second kappa shape index (κ2) is 7.59. The van der Waals surface area contributed by atoms with Crippen LogP contribution >= 0.6 is 11.3 Å². The average molecular weight is 330 g/mol. The highest BCUT2D eigenvalue weighted by molar-refractivity contribution is 7.17. The molecular weight excluding hydrogens is 308 g/mol. The molecule has 1 aliphatic heterocycles. The Morgan fingerprint density at radius 3 is 3.04 bits per heavy atom. The van der Waals surface area contributed by atoms with Crippen LogP contribution in [0.1, 0.15) is 37.7 Å². The van der Waals surface area contributed by atoms with E-state index in [0.717, 1.165) is 31.4 Å². The number of nitrogens with zero attached hydrogens (tertiary/aromatic N) is 1. The highest BCUT2D eigenvalue weighted by atomic mass is 32.1. The third-order valence-electron chi connectivity index (χ3n) is 4.29. The Morgan fingerprint density at radius 2 is 2.13 bits per heavy atom. The molecule has 1 fully saturated rings. The van der Waals surface area contributed by atoms with Crippen LogP contribution in [-0.2, 0) is 16.1 Å². The van der Waals surface area contributed by atoms with Gasteiger partial charge in [-0.25, -0.2) is 0 Å². The first-order valence-electron chi connectivity index (χ1n) is 8.23. The molecule has 0 bridgehead atoms. The average Bonchev–Trinajstić information content (AvgIpc) is 2.93. The summed E-state index contributed by atoms with van der Waals surface area (Å²) < 4.78 is 1.26. The van der Waals surface area contributed by atoms with Gasteiger partial charge in [-0.15, -0.1) is 11.3 Å². The summed E-state index contributed by atoms with van der Waals surface area (Å²) in [7, 11) is 0. The van der Waals surface area contributed by atoms with Gasteiger partial charge in [0, 0.05) is 37.2 Å². The highest BCUT2D eigenvalue weighted by Gasteiger charge is 2.17. The molecule has 3 rings (SSSR count). The van der Waals surface area contributed by atoms with E-state index in [1.54, 1.807) is 11.3 Å². The molecule has 0 atom stereocenters. The number of carbonyl (C=O) groups is 2. The summed E-state index contributed by atoms with van der Waals surface area (Å²) in [6, 6.07) is 8.36. The molecule has 1 N–H and O–H groups in total. The number of likely N-dealkylation sites (tertiary alicyclic amines) is 1. The lowest BCUT2D eigenvalue weighted by atomic mass is 10.1. The quantitative estimate of drug-likeness (QED) is 0.914. The predicted octanol–water partition coefficient (Wildman–Crippen LogP) is 3.31. The minimum atomic E-state index is 0.00691. The zero-order valence-corrected chi connectivity index (χ0v) is 14.0. The minimum absolute atomic E-state index is 0.00691. The lowest BCUT2D eigenvalue weighted by molar-refractivity contribution is -0.131. The molecule has 1 aliphatic rings. The summed E-state index contributed by atoms with van der Waals surface area (Å²) in [5.74, 6) is 0.200. The van der Waals surface area contributed by atoms with E-state index in [0.29, 0.717) is 25.9 Å². The molecule has 23 heavy (non-hydrogen) atoms. The molecule has 2 heterocycles. The maximum absolute atomic E-state index is 12.0. The normalized spacial score (nSPS) is 15.7. The van der Waals surface area contributed by atoms with E-state index in [9.17, 15) is 9.59 Å². The summed E-state index contributed by atoms with van der Waals surface area (Å²) in [6.45, 7) is 1.87. The van der Waals surface area contributed by atoms with Crippen LogP contribution in [-0.4, -0.2) is 29.8 Å². The number of hydrogen-bond donors (Lipinski definition) is 1. The zero-order chi connectivity index (χ0) is 16.1. The van der Waals surface area contributed by atoms with Gasteiger partial charge in [-0.3, -0.25) is 9.59 Å². The molecule has 0 aliphatic carbocycles. The van der Waals surface area contributed by atoms with Gasteiger partial charge in [0.05, 0.1) is 0 Å². The zero-order valence-electron chi connectivity index (χ0n) is 13.2. The van der Waals surface area contributed by atoms with Gasteiger partial charge < -0.3 is 10.2 Å². The molecule has 5 heteroatoms. The Labute approximate surface area is 140 Å². The minimum Gasteiger partial charge on any atom is -0.352 e. The Bertz CT molecular complexity index is 695. The molecule has 0 unspecified atom stereocenters. The number of rotatable bonds is 5. The van der Waals surface area contributed by atoms with Crippen molar-refractivity contribution < 1.29 is 9.59 Å². The summed E-state index contributed by atoms with van der Waals surface area (Å²) >= 11 is 1.72. The second-order valence-corrected chi connectivity index (χ2v) is 6.96. The molecule has 1 aromatic heterocycles. The molecule has 0 saturated carbocycles. The number of hydrogen-bond acceptors (Lipinski definition) is 3. The first-order valence-corrected chi connectivity index (χ1v) is 9.11. The SMILES string of the molecule is O=C(CCN1CCCCCC1=O)NCc1ccc2sccc2c1. The Morgan fingerprint density at radius 1 is 1.22 bits per heavy atom. The number of carbonyl (C=O) groups excluding carboxylic acids is 2. The van der Waals surface area contributed by atoms with Gasteiger partial charge in [0.15, 0.2) is 0 Å². The lowest BCUT2D eigenvalue weighted by Gasteiger charge is -2.20. The molecule has 4 nitrogen and oxygen atoms in total. The third kappa shape index (κ3) is 4.32. The Kier molecular flexibility index (Phi) is 5.28. The second-order valence-electron chi connectivity index (χ2n) is 6.01. The van der Waals surface area contributed by atoms with E-state index in [4.69, 9.17) is 0 Å². The molecule has 0 radical (unpaired) electrons. The Hall–Kier alpha value is -1.88. The van der Waals surface area contributed by atoms with Crippen LogP contribution in [0.5, 0.6) is 0 Å². The molecular formula is C18H22N2O2S. The standard InChI is InChI=1S/C18H22N2O2S/c21-17(7-10-20-9-3-1-2-4-18(20)22)19-13-14-5-6-16-15(12-14)8-11-23-16/h5-6,8,11-12H,1-4,7,9-10,13H2,(H,19,21). The maximum atomic E-state index is 12.0. The van der Waals surface area contributed by atoms with E-state index in [1.165, 1.54) is 10.1 Å². The summed E-state index contributed by atoms with van der Waals surface area (Å²) in [6.07, 6.45) is 4.15. The maximum Gasteiger partial charge on any atom is 0.222 e. The van der Waals surface area contributed by atoms with Crippen molar-refractivity contribution in [1.82, 2.24) is 10.2 Å². The molecule has 2 aromatic rings. The van der Waals surface area contributed by atoms with Gasteiger partial charge in [0.25, 0.3) is 0 Å². The van der Waals surface area contributed by atoms with E-state index < -0.39 is 0 Å². The first kappa shape index (κ1) is 16.0. The number of amides is 2. The van der Waals surface area contributed by atoms with Crippen molar-refractivity contribution in [1.29, 1.82) is 0 Å². The van der Waals surface area contributed by atoms with Crippen molar-refractivity contribution in [2.24, 2.45) is 0 Å². The lowest BCUT2D eigenvalue weighted by Crippen LogP contribution is -2.34. The van der Waals surface area contributed by atoms with Gasteiger partial charge in [-0.2, -0.15) is 0 Å². The van der Waals surface area contributed by atoms with Crippen LogP contribution in [0.15, 0.2) is 29.6 Å². The van der Waals surface area contributed by atoms with Gasteiger partial charge in [0.2, 0.25) is 11.8 Å². The van der Waals surface area contributed by atoms with E-state index >= 15 is 0 Å². The molecule has 1 aromatic carbocycles. The number of fused-ring (bicyclic) bond motifs is 1. The van der Waals surface area contributed by atoms with Gasteiger partial charge >= 0.3 is 0 Å². The van der Waals surface area contributed by atoms with Crippen molar-refractivity contribution in [3.05, 3.63) is 35.2 Å².